The summed E-state index contributed by atoms with van der Waals surface area (Å²) >= 11 is 1.74. The Bertz CT molecular complexity index is 554. The topological polar surface area (TPSA) is 45.1 Å². The van der Waals surface area contributed by atoms with Crippen molar-refractivity contribution in [2.75, 3.05) is 11.9 Å². The molecule has 4 heteroatoms. The van der Waals surface area contributed by atoms with Crippen LogP contribution in [0.2, 0.25) is 0 Å². The zero-order valence-electron chi connectivity index (χ0n) is 11.7. The van der Waals surface area contributed by atoms with E-state index < -0.39 is 0 Å². The molecular formula is C16H22N2OS. The number of nitrogens with one attached hydrogen (secondary N) is 1. The Hall–Kier alpha value is -1.13. The smallest absolute Gasteiger partial charge is 0.0830 e. The molecule has 2 aromatic rings. The third-order valence-corrected chi connectivity index (χ3v) is 5.22. The number of pyridine rings is 1. The second-order valence-corrected chi connectivity index (χ2v) is 6.59. The van der Waals surface area contributed by atoms with Crippen LogP contribution in [0, 0.1) is 5.92 Å². The highest BCUT2D eigenvalue weighted by molar-refractivity contribution is 7.17. The highest BCUT2D eigenvalue weighted by Gasteiger charge is 2.22. The summed E-state index contributed by atoms with van der Waals surface area (Å²) < 4.78 is 1.24. The minimum absolute atomic E-state index is 0.0614. The van der Waals surface area contributed by atoms with Crippen molar-refractivity contribution in [2.24, 2.45) is 5.92 Å². The largest absolute Gasteiger partial charge is 0.393 e. The molecule has 0 saturated heterocycles. The predicted octanol–water partition coefficient (Wildman–Crippen LogP) is 4.04. The normalized spacial score (nSPS) is 23.1. The SMILES string of the molecule is OC1CCCCC1CCCNc1ccnc2ccsc12. The van der Waals surface area contributed by atoms with E-state index in [0.717, 1.165) is 31.3 Å². The van der Waals surface area contributed by atoms with Crippen LogP contribution in [0.1, 0.15) is 38.5 Å². The second-order valence-electron chi connectivity index (χ2n) is 5.67. The van der Waals surface area contributed by atoms with Crippen LogP contribution in [0.25, 0.3) is 10.2 Å². The summed E-state index contributed by atoms with van der Waals surface area (Å²) in [5.74, 6) is 0.518. The summed E-state index contributed by atoms with van der Waals surface area (Å²) in [4.78, 5) is 4.35. The molecule has 20 heavy (non-hydrogen) atoms. The van der Waals surface area contributed by atoms with E-state index in [2.05, 4.69) is 21.7 Å². The van der Waals surface area contributed by atoms with E-state index in [0.29, 0.717) is 5.92 Å². The fourth-order valence-corrected chi connectivity index (χ4v) is 3.97. The summed E-state index contributed by atoms with van der Waals surface area (Å²) in [5.41, 5.74) is 2.26. The fourth-order valence-electron chi connectivity index (χ4n) is 3.12. The van der Waals surface area contributed by atoms with Gasteiger partial charge in [0, 0.05) is 12.7 Å². The standard InChI is InChI=1S/C16H22N2OS/c19-15-6-2-1-4-12(15)5-3-9-17-13-7-10-18-14-8-11-20-16(13)14/h7-8,10-12,15,19H,1-6,9H2,(H,17,18). The van der Waals surface area contributed by atoms with E-state index in [4.69, 9.17) is 0 Å². The first-order valence-electron chi connectivity index (χ1n) is 7.59. The minimum atomic E-state index is -0.0614. The number of hydrogen-bond donors (Lipinski definition) is 2. The summed E-state index contributed by atoms with van der Waals surface area (Å²) in [7, 11) is 0. The van der Waals surface area contributed by atoms with Gasteiger partial charge in [-0.15, -0.1) is 11.3 Å². The van der Waals surface area contributed by atoms with E-state index >= 15 is 0 Å². The number of thiophene rings is 1. The van der Waals surface area contributed by atoms with Gasteiger partial charge in [0.25, 0.3) is 0 Å². The summed E-state index contributed by atoms with van der Waals surface area (Å²) in [5, 5.41) is 15.6. The molecule has 0 aromatic carbocycles. The van der Waals surface area contributed by atoms with E-state index in [-0.39, 0.29) is 6.10 Å². The van der Waals surface area contributed by atoms with Crippen molar-refractivity contribution < 1.29 is 5.11 Å². The number of nitrogens with zero attached hydrogens (tertiary/aromatic N) is 1. The summed E-state index contributed by atoms with van der Waals surface area (Å²) in [6, 6.07) is 4.11. The second kappa shape index (κ2) is 6.55. The van der Waals surface area contributed by atoms with Gasteiger partial charge in [0.1, 0.15) is 0 Å². The molecule has 108 valence electrons. The van der Waals surface area contributed by atoms with Crippen molar-refractivity contribution in [3.8, 4) is 0 Å². The van der Waals surface area contributed by atoms with Crippen molar-refractivity contribution >= 4 is 27.2 Å². The lowest BCUT2D eigenvalue weighted by Gasteiger charge is -2.27. The maximum absolute atomic E-state index is 9.97. The molecule has 2 N–H and O–H groups in total. The number of rotatable bonds is 5. The zero-order chi connectivity index (χ0) is 13.8. The number of anilines is 1. The number of fused-ring (bicyclic) bond motifs is 1. The van der Waals surface area contributed by atoms with Crippen molar-refractivity contribution in [2.45, 2.75) is 44.6 Å². The van der Waals surface area contributed by atoms with Gasteiger partial charge in [0.2, 0.25) is 0 Å². The van der Waals surface area contributed by atoms with Gasteiger partial charge in [-0.05, 0) is 49.1 Å². The van der Waals surface area contributed by atoms with E-state index in [1.165, 1.54) is 29.6 Å². The van der Waals surface area contributed by atoms with Crippen molar-refractivity contribution in [3.63, 3.8) is 0 Å². The molecule has 0 bridgehead atoms. The molecule has 0 aliphatic heterocycles. The monoisotopic (exact) mass is 290 g/mol. The molecule has 0 radical (unpaired) electrons. The minimum Gasteiger partial charge on any atom is -0.393 e. The van der Waals surface area contributed by atoms with Gasteiger partial charge in [-0.1, -0.05) is 12.8 Å². The van der Waals surface area contributed by atoms with Crippen LogP contribution >= 0.6 is 11.3 Å². The Balaban J connectivity index is 1.49. The molecule has 1 saturated carbocycles. The molecule has 2 unspecified atom stereocenters. The molecule has 0 amide bonds. The lowest BCUT2D eigenvalue weighted by Crippen LogP contribution is -2.24. The van der Waals surface area contributed by atoms with Crippen molar-refractivity contribution in [1.82, 2.24) is 4.98 Å². The highest BCUT2D eigenvalue weighted by atomic mass is 32.1. The average molecular weight is 290 g/mol. The lowest BCUT2D eigenvalue weighted by atomic mass is 9.83. The number of aromatic nitrogens is 1. The summed E-state index contributed by atoms with van der Waals surface area (Å²) in [6.07, 6.45) is 8.74. The number of aliphatic hydroxyl groups is 1. The van der Waals surface area contributed by atoms with Gasteiger partial charge < -0.3 is 10.4 Å². The molecule has 2 heterocycles. The Kier molecular flexibility index (Phi) is 4.53. The first kappa shape index (κ1) is 13.8. The van der Waals surface area contributed by atoms with E-state index in [9.17, 15) is 5.11 Å². The molecular weight excluding hydrogens is 268 g/mol. The fraction of sp³-hybridized carbons (Fsp3) is 0.562. The van der Waals surface area contributed by atoms with Crippen LogP contribution in [0.15, 0.2) is 23.7 Å². The Labute approximate surface area is 124 Å². The average Bonchev–Trinajstić information content (AvgIpc) is 2.94. The highest BCUT2D eigenvalue weighted by Crippen LogP contribution is 2.29. The van der Waals surface area contributed by atoms with Crippen LogP contribution in [-0.4, -0.2) is 22.7 Å². The molecule has 2 atom stereocenters. The molecule has 3 nitrogen and oxygen atoms in total. The Morgan fingerprint density at radius 3 is 3.10 bits per heavy atom. The van der Waals surface area contributed by atoms with Crippen LogP contribution < -0.4 is 5.32 Å². The first-order valence-corrected chi connectivity index (χ1v) is 8.47. The maximum atomic E-state index is 9.97. The Morgan fingerprint density at radius 2 is 2.20 bits per heavy atom. The van der Waals surface area contributed by atoms with Crippen LogP contribution in [0.4, 0.5) is 5.69 Å². The number of aliphatic hydroxyl groups excluding tert-OH is 1. The van der Waals surface area contributed by atoms with Gasteiger partial charge in [0.15, 0.2) is 0 Å². The van der Waals surface area contributed by atoms with Gasteiger partial charge >= 0.3 is 0 Å². The molecule has 1 aliphatic carbocycles. The van der Waals surface area contributed by atoms with Gasteiger partial charge in [-0.25, -0.2) is 0 Å². The quantitative estimate of drug-likeness (QED) is 0.817. The van der Waals surface area contributed by atoms with Crippen LogP contribution in [-0.2, 0) is 0 Å². The molecule has 0 spiro atoms. The van der Waals surface area contributed by atoms with Crippen molar-refractivity contribution in [1.29, 1.82) is 0 Å². The zero-order valence-corrected chi connectivity index (χ0v) is 12.5. The predicted molar refractivity (Wildman–Crippen MR) is 85.3 cm³/mol. The van der Waals surface area contributed by atoms with Gasteiger partial charge in [-0.3, -0.25) is 4.98 Å². The van der Waals surface area contributed by atoms with E-state index in [1.54, 1.807) is 11.3 Å². The molecule has 2 aromatic heterocycles. The third kappa shape index (κ3) is 3.13. The van der Waals surface area contributed by atoms with Crippen molar-refractivity contribution in [3.05, 3.63) is 23.7 Å². The van der Waals surface area contributed by atoms with E-state index in [1.807, 2.05) is 12.3 Å². The molecule has 1 fully saturated rings. The molecule has 3 rings (SSSR count). The van der Waals surface area contributed by atoms with Crippen LogP contribution in [0.5, 0.6) is 0 Å². The maximum Gasteiger partial charge on any atom is 0.0830 e. The molecule has 1 aliphatic rings. The summed E-state index contributed by atoms with van der Waals surface area (Å²) in [6.45, 7) is 0.972. The van der Waals surface area contributed by atoms with Gasteiger partial charge in [-0.2, -0.15) is 0 Å². The first-order chi connectivity index (χ1) is 9.84. The Morgan fingerprint density at radius 1 is 1.30 bits per heavy atom. The van der Waals surface area contributed by atoms with Crippen LogP contribution in [0.3, 0.4) is 0 Å². The lowest BCUT2D eigenvalue weighted by molar-refractivity contribution is 0.0648. The van der Waals surface area contributed by atoms with Gasteiger partial charge in [0.05, 0.1) is 22.0 Å². The third-order valence-electron chi connectivity index (χ3n) is 4.28. The number of hydrogen-bond acceptors (Lipinski definition) is 4.